The minimum absolute atomic E-state index is 0.384. The maximum Gasteiger partial charge on any atom is 0.119 e. The van der Waals surface area contributed by atoms with Gasteiger partial charge in [-0.15, -0.1) is 12.3 Å². The highest BCUT2D eigenvalue weighted by atomic mass is 16.5. The third-order valence-electron chi connectivity index (χ3n) is 2.60. The zero-order valence-electron chi connectivity index (χ0n) is 10.7. The molecule has 2 heteroatoms. The first-order chi connectivity index (χ1) is 8.27. The third-order valence-corrected chi connectivity index (χ3v) is 2.60. The van der Waals surface area contributed by atoms with E-state index in [4.69, 9.17) is 11.2 Å². The molecular formula is C15H21NO. The summed E-state index contributed by atoms with van der Waals surface area (Å²) in [6.07, 6.45) is 6.96. The largest absolute Gasteiger partial charge is 0.493 e. The zero-order valence-corrected chi connectivity index (χ0v) is 10.7. The molecule has 0 amide bonds. The van der Waals surface area contributed by atoms with Crippen molar-refractivity contribution in [2.75, 3.05) is 13.2 Å². The van der Waals surface area contributed by atoms with Crippen LogP contribution in [0.1, 0.15) is 38.3 Å². The van der Waals surface area contributed by atoms with Crippen LogP contribution in [0.2, 0.25) is 0 Å². The van der Waals surface area contributed by atoms with Crippen molar-refractivity contribution in [3.8, 4) is 18.1 Å². The first-order valence-corrected chi connectivity index (χ1v) is 6.17. The lowest BCUT2D eigenvalue weighted by Gasteiger charge is -2.14. The summed E-state index contributed by atoms with van der Waals surface area (Å²) < 4.78 is 5.50. The molecule has 0 aliphatic carbocycles. The number of nitrogens with one attached hydrogen (secondary N) is 1. The molecule has 92 valence electrons. The molecule has 17 heavy (non-hydrogen) atoms. The highest BCUT2D eigenvalue weighted by molar-refractivity contribution is 5.28. The van der Waals surface area contributed by atoms with Gasteiger partial charge >= 0.3 is 0 Å². The van der Waals surface area contributed by atoms with E-state index in [2.05, 4.69) is 37.2 Å². The van der Waals surface area contributed by atoms with Gasteiger partial charge in [0, 0.05) is 12.5 Å². The molecule has 2 nitrogen and oxygen atoms in total. The molecule has 1 atom stereocenters. The maximum atomic E-state index is 5.50. The second-order valence-corrected chi connectivity index (χ2v) is 4.05. The van der Waals surface area contributed by atoms with Gasteiger partial charge in [-0.05, 0) is 37.6 Å². The second kappa shape index (κ2) is 7.76. The molecule has 0 fully saturated rings. The fraction of sp³-hybridized carbons (Fsp3) is 0.467. The first kappa shape index (κ1) is 13.6. The molecule has 0 saturated heterocycles. The Balaban J connectivity index is 2.46. The fourth-order valence-electron chi connectivity index (χ4n) is 1.56. The Morgan fingerprint density at radius 2 is 2.06 bits per heavy atom. The SMILES string of the molecule is C#CCCOc1ccc(C(C)NCCC)cc1. The fourth-order valence-corrected chi connectivity index (χ4v) is 1.56. The van der Waals surface area contributed by atoms with Crippen LogP contribution in [0.15, 0.2) is 24.3 Å². The van der Waals surface area contributed by atoms with E-state index in [-0.39, 0.29) is 0 Å². The van der Waals surface area contributed by atoms with Crippen molar-refractivity contribution >= 4 is 0 Å². The Morgan fingerprint density at radius 3 is 2.65 bits per heavy atom. The molecule has 0 heterocycles. The lowest BCUT2D eigenvalue weighted by molar-refractivity contribution is 0.327. The van der Waals surface area contributed by atoms with E-state index in [1.807, 2.05) is 12.1 Å². The number of hydrogen-bond donors (Lipinski definition) is 1. The molecule has 0 aliphatic rings. The summed E-state index contributed by atoms with van der Waals surface area (Å²) >= 11 is 0. The van der Waals surface area contributed by atoms with E-state index in [0.717, 1.165) is 18.7 Å². The van der Waals surface area contributed by atoms with E-state index in [9.17, 15) is 0 Å². The van der Waals surface area contributed by atoms with Crippen LogP contribution in [0.25, 0.3) is 0 Å². The number of benzene rings is 1. The Labute approximate surface area is 104 Å². The van der Waals surface area contributed by atoms with Gasteiger partial charge in [0.15, 0.2) is 0 Å². The second-order valence-electron chi connectivity index (χ2n) is 4.05. The highest BCUT2D eigenvalue weighted by Gasteiger charge is 2.03. The predicted molar refractivity (Wildman–Crippen MR) is 72.1 cm³/mol. The molecule has 0 spiro atoms. The molecule has 1 rings (SSSR count). The number of hydrogen-bond acceptors (Lipinski definition) is 2. The van der Waals surface area contributed by atoms with Gasteiger partial charge in [0.25, 0.3) is 0 Å². The molecule has 0 bridgehead atoms. The molecule has 0 aliphatic heterocycles. The lowest BCUT2D eigenvalue weighted by atomic mass is 10.1. The molecular weight excluding hydrogens is 210 g/mol. The van der Waals surface area contributed by atoms with Gasteiger partial charge in [-0.25, -0.2) is 0 Å². The van der Waals surface area contributed by atoms with Crippen molar-refractivity contribution in [3.05, 3.63) is 29.8 Å². The van der Waals surface area contributed by atoms with Crippen LogP contribution >= 0.6 is 0 Å². The Kier molecular flexibility index (Phi) is 6.21. The topological polar surface area (TPSA) is 21.3 Å². The van der Waals surface area contributed by atoms with Crippen molar-refractivity contribution < 1.29 is 4.74 Å². The summed E-state index contributed by atoms with van der Waals surface area (Å²) in [6, 6.07) is 8.57. The quantitative estimate of drug-likeness (QED) is 0.575. The Bertz CT molecular complexity index is 350. The third kappa shape index (κ3) is 4.93. The van der Waals surface area contributed by atoms with Crippen molar-refractivity contribution in [1.29, 1.82) is 0 Å². The van der Waals surface area contributed by atoms with E-state index in [0.29, 0.717) is 19.1 Å². The minimum Gasteiger partial charge on any atom is -0.493 e. The molecule has 1 unspecified atom stereocenters. The van der Waals surface area contributed by atoms with Gasteiger partial charge < -0.3 is 10.1 Å². The molecule has 0 saturated carbocycles. The van der Waals surface area contributed by atoms with E-state index in [1.54, 1.807) is 0 Å². The van der Waals surface area contributed by atoms with E-state index >= 15 is 0 Å². The summed E-state index contributed by atoms with van der Waals surface area (Å²) in [5, 5.41) is 3.45. The summed E-state index contributed by atoms with van der Waals surface area (Å²) in [5.74, 6) is 3.44. The summed E-state index contributed by atoms with van der Waals surface area (Å²) in [5.41, 5.74) is 1.28. The molecule has 0 aromatic heterocycles. The first-order valence-electron chi connectivity index (χ1n) is 6.17. The van der Waals surface area contributed by atoms with Crippen LogP contribution in [-0.4, -0.2) is 13.2 Å². The van der Waals surface area contributed by atoms with Gasteiger partial charge in [-0.1, -0.05) is 19.1 Å². The van der Waals surface area contributed by atoms with Crippen LogP contribution in [0, 0.1) is 12.3 Å². The molecule has 1 aromatic carbocycles. The monoisotopic (exact) mass is 231 g/mol. The predicted octanol–water partition coefficient (Wildman–Crippen LogP) is 3.15. The van der Waals surface area contributed by atoms with Crippen molar-refractivity contribution in [2.45, 2.75) is 32.7 Å². The normalized spacial score (nSPS) is 11.8. The van der Waals surface area contributed by atoms with Gasteiger partial charge in [-0.3, -0.25) is 0 Å². The van der Waals surface area contributed by atoms with Crippen LogP contribution < -0.4 is 10.1 Å². The number of ether oxygens (including phenoxy) is 1. The standard InChI is InChI=1S/C15H21NO/c1-4-6-12-17-15-9-7-14(8-10-15)13(3)16-11-5-2/h1,7-10,13,16H,5-6,11-12H2,2-3H3. The highest BCUT2D eigenvalue weighted by Crippen LogP contribution is 2.17. The summed E-state index contributed by atoms with van der Waals surface area (Å²) in [6.45, 7) is 5.97. The van der Waals surface area contributed by atoms with Crippen molar-refractivity contribution in [1.82, 2.24) is 5.32 Å². The zero-order chi connectivity index (χ0) is 12.5. The Hall–Kier alpha value is -1.46. The average Bonchev–Trinajstić information content (AvgIpc) is 2.37. The van der Waals surface area contributed by atoms with Gasteiger partial charge in [0.2, 0.25) is 0 Å². The summed E-state index contributed by atoms with van der Waals surface area (Å²) in [7, 11) is 0. The average molecular weight is 231 g/mol. The van der Waals surface area contributed by atoms with Crippen LogP contribution in [0.4, 0.5) is 0 Å². The summed E-state index contributed by atoms with van der Waals surface area (Å²) in [4.78, 5) is 0. The Morgan fingerprint density at radius 1 is 1.35 bits per heavy atom. The van der Waals surface area contributed by atoms with Crippen molar-refractivity contribution in [2.24, 2.45) is 0 Å². The van der Waals surface area contributed by atoms with E-state index < -0.39 is 0 Å². The number of rotatable bonds is 7. The van der Waals surface area contributed by atoms with Gasteiger partial charge in [0.1, 0.15) is 5.75 Å². The van der Waals surface area contributed by atoms with Crippen molar-refractivity contribution in [3.63, 3.8) is 0 Å². The minimum atomic E-state index is 0.384. The smallest absolute Gasteiger partial charge is 0.119 e. The van der Waals surface area contributed by atoms with Crippen LogP contribution in [0.3, 0.4) is 0 Å². The maximum absolute atomic E-state index is 5.50. The van der Waals surface area contributed by atoms with Crippen LogP contribution in [0.5, 0.6) is 5.75 Å². The van der Waals surface area contributed by atoms with Crippen LogP contribution in [-0.2, 0) is 0 Å². The van der Waals surface area contributed by atoms with Gasteiger partial charge in [-0.2, -0.15) is 0 Å². The molecule has 1 N–H and O–H groups in total. The van der Waals surface area contributed by atoms with Gasteiger partial charge in [0.05, 0.1) is 6.61 Å². The van der Waals surface area contributed by atoms with E-state index in [1.165, 1.54) is 5.56 Å². The lowest BCUT2D eigenvalue weighted by Crippen LogP contribution is -2.19. The molecule has 1 aromatic rings. The number of terminal acetylenes is 1. The molecule has 0 radical (unpaired) electrons.